The lowest BCUT2D eigenvalue weighted by atomic mass is 9.95. The molecule has 1 amide bonds. The van der Waals surface area contributed by atoms with E-state index in [1.54, 1.807) is 17.0 Å². The number of aromatic hydroxyl groups is 1. The molecule has 2 heterocycles. The highest BCUT2D eigenvalue weighted by Gasteiger charge is 2.42. The number of halogens is 2. The molecular formula is C28H25Cl2N3O3. The van der Waals surface area contributed by atoms with Gasteiger partial charge in [0.2, 0.25) is 0 Å². The van der Waals surface area contributed by atoms with E-state index in [2.05, 4.69) is 17.1 Å². The van der Waals surface area contributed by atoms with Crippen molar-refractivity contribution in [3.63, 3.8) is 0 Å². The molecule has 1 aromatic heterocycles. The van der Waals surface area contributed by atoms with Gasteiger partial charge in [-0.3, -0.25) is 9.89 Å². The van der Waals surface area contributed by atoms with Crippen LogP contribution in [0, 0.1) is 0 Å². The van der Waals surface area contributed by atoms with Crippen molar-refractivity contribution in [3.8, 4) is 22.8 Å². The summed E-state index contributed by atoms with van der Waals surface area (Å²) in [4.78, 5) is 15.4. The van der Waals surface area contributed by atoms with Gasteiger partial charge in [-0.1, -0.05) is 66.9 Å². The first-order valence-electron chi connectivity index (χ1n) is 11.8. The van der Waals surface area contributed by atoms with Crippen LogP contribution in [0.15, 0.2) is 66.7 Å². The van der Waals surface area contributed by atoms with E-state index in [4.69, 9.17) is 27.9 Å². The van der Waals surface area contributed by atoms with Crippen LogP contribution in [0.2, 0.25) is 10.0 Å². The van der Waals surface area contributed by atoms with E-state index >= 15 is 0 Å². The van der Waals surface area contributed by atoms with Crippen LogP contribution < -0.4 is 4.74 Å². The first-order chi connectivity index (χ1) is 17.5. The number of rotatable bonds is 8. The van der Waals surface area contributed by atoms with Crippen molar-refractivity contribution in [1.82, 2.24) is 15.1 Å². The number of nitrogens with one attached hydrogen (secondary N) is 1. The number of carbonyl (C=O) groups is 1. The molecule has 36 heavy (non-hydrogen) atoms. The van der Waals surface area contributed by atoms with Gasteiger partial charge < -0.3 is 14.7 Å². The number of phenols is 1. The standard InChI is InChI=1S/C28H25Cl2N3O3/c1-2-3-13-36-20-9-6-8-17(14-20)27-24-25(21-15-19(29)11-12-23(21)34)31-32-26(24)28(35)33(27)16-18-7-4-5-10-22(18)30/h4-12,14-15,27,34H,2-3,13,16H2,1H3,(H,31,32). The lowest BCUT2D eigenvalue weighted by Gasteiger charge is -2.27. The normalized spacial score (nSPS) is 14.8. The maximum Gasteiger partial charge on any atom is 0.273 e. The topological polar surface area (TPSA) is 78.5 Å². The lowest BCUT2D eigenvalue weighted by molar-refractivity contribution is 0.0730. The zero-order chi connectivity index (χ0) is 25.2. The summed E-state index contributed by atoms with van der Waals surface area (Å²) in [7, 11) is 0. The van der Waals surface area contributed by atoms with E-state index in [0.717, 1.165) is 29.7 Å². The summed E-state index contributed by atoms with van der Waals surface area (Å²) in [5, 5.41) is 19.0. The smallest absolute Gasteiger partial charge is 0.273 e. The zero-order valence-corrected chi connectivity index (χ0v) is 21.2. The molecule has 0 saturated heterocycles. The van der Waals surface area contributed by atoms with Crippen molar-refractivity contribution in [1.29, 1.82) is 0 Å². The van der Waals surface area contributed by atoms with Crippen molar-refractivity contribution in [2.24, 2.45) is 0 Å². The number of ether oxygens (including phenoxy) is 1. The number of phenolic OH excluding ortho intramolecular Hbond substituents is 1. The Morgan fingerprint density at radius 1 is 1.08 bits per heavy atom. The number of carbonyl (C=O) groups excluding carboxylic acids is 1. The molecule has 8 heteroatoms. The molecule has 1 aliphatic heterocycles. The van der Waals surface area contributed by atoms with Crippen LogP contribution in [-0.4, -0.2) is 32.7 Å². The van der Waals surface area contributed by atoms with Gasteiger partial charge in [0.15, 0.2) is 0 Å². The van der Waals surface area contributed by atoms with Gasteiger partial charge in [-0.2, -0.15) is 5.10 Å². The molecule has 3 aromatic carbocycles. The van der Waals surface area contributed by atoms with Gasteiger partial charge in [-0.25, -0.2) is 0 Å². The largest absolute Gasteiger partial charge is 0.507 e. The van der Waals surface area contributed by atoms with Crippen LogP contribution in [0.25, 0.3) is 11.3 Å². The number of aromatic nitrogens is 2. The molecule has 2 N–H and O–H groups in total. The Labute approximate surface area is 219 Å². The molecule has 0 radical (unpaired) electrons. The molecule has 4 aromatic rings. The Balaban J connectivity index is 1.63. The van der Waals surface area contributed by atoms with E-state index in [-0.39, 0.29) is 11.7 Å². The second-order valence-electron chi connectivity index (χ2n) is 8.72. The molecule has 1 unspecified atom stereocenters. The molecule has 0 spiro atoms. The first-order valence-corrected chi connectivity index (χ1v) is 12.6. The molecule has 0 saturated carbocycles. The lowest BCUT2D eigenvalue weighted by Crippen LogP contribution is -2.29. The average molecular weight is 522 g/mol. The third-order valence-electron chi connectivity index (χ3n) is 6.32. The number of H-pyrrole nitrogens is 1. The Kier molecular flexibility index (Phi) is 6.90. The van der Waals surface area contributed by atoms with Crippen molar-refractivity contribution in [2.75, 3.05) is 6.61 Å². The third-order valence-corrected chi connectivity index (χ3v) is 6.92. The van der Waals surface area contributed by atoms with E-state index in [0.29, 0.717) is 45.7 Å². The number of benzene rings is 3. The summed E-state index contributed by atoms with van der Waals surface area (Å²) in [5.41, 5.74) is 3.68. The quantitative estimate of drug-likeness (QED) is 0.244. The molecule has 1 atom stereocenters. The maximum absolute atomic E-state index is 13.7. The molecule has 6 nitrogen and oxygen atoms in total. The van der Waals surface area contributed by atoms with E-state index in [1.807, 2.05) is 48.5 Å². The highest BCUT2D eigenvalue weighted by atomic mass is 35.5. The van der Waals surface area contributed by atoms with Gasteiger partial charge >= 0.3 is 0 Å². The van der Waals surface area contributed by atoms with Crippen LogP contribution in [0.4, 0.5) is 0 Å². The zero-order valence-electron chi connectivity index (χ0n) is 19.7. The second-order valence-corrected chi connectivity index (χ2v) is 9.57. The number of aromatic amines is 1. The molecule has 0 aliphatic carbocycles. The summed E-state index contributed by atoms with van der Waals surface area (Å²) < 4.78 is 5.96. The number of nitrogens with zero attached hydrogens (tertiary/aromatic N) is 2. The predicted molar refractivity (Wildman–Crippen MR) is 141 cm³/mol. The fourth-order valence-corrected chi connectivity index (χ4v) is 4.90. The van der Waals surface area contributed by atoms with Crippen LogP contribution in [0.3, 0.4) is 0 Å². The van der Waals surface area contributed by atoms with Crippen LogP contribution in [0.5, 0.6) is 11.5 Å². The number of hydrogen-bond donors (Lipinski definition) is 2. The SMILES string of the molecule is CCCCOc1cccc(C2c3c(-c4cc(Cl)ccc4O)n[nH]c3C(=O)N2Cc2ccccc2Cl)c1. The minimum atomic E-state index is -0.481. The van der Waals surface area contributed by atoms with E-state index in [9.17, 15) is 9.90 Å². The van der Waals surface area contributed by atoms with Crippen molar-refractivity contribution >= 4 is 29.1 Å². The monoisotopic (exact) mass is 521 g/mol. The Morgan fingerprint density at radius 2 is 1.92 bits per heavy atom. The third kappa shape index (κ3) is 4.54. The fraction of sp³-hybridized carbons (Fsp3) is 0.214. The van der Waals surface area contributed by atoms with Gasteiger partial charge in [-0.15, -0.1) is 0 Å². The van der Waals surface area contributed by atoms with Crippen molar-refractivity contribution in [2.45, 2.75) is 32.4 Å². The van der Waals surface area contributed by atoms with Crippen LogP contribution in [0.1, 0.15) is 53.0 Å². The Bertz CT molecular complexity index is 1420. The number of fused-ring (bicyclic) bond motifs is 1. The summed E-state index contributed by atoms with van der Waals surface area (Å²) in [6.07, 6.45) is 1.99. The molecule has 1 aliphatic rings. The van der Waals surface area contributed by atoms with E-state index < -0.39 is 6.04 Å². The van der Waals surface area contributed by atoms with E-state index in [1.165, 1.54) is 6.07 Å². The first kappa shape index (κ1) is 24.2. The molecule has 0 fully saturated rings. The Morgan fingerprint density at radius 3 is 2.72 bits per heavy atom. The second kappa shape index (κ2) is 10.2. The minimum absolute atomic E-state index is 0.0288. The Hall–Kier alpha value is -3.48. The van der Waals surface area contributed by atoms with Gasteiger partial charge in [-0.05, 0) is 53.9 Å². The number of unbranched alkanes of at least 4 members (excludes halogenated alkanes) is 1. The minimum Gasteiger partial charge on any atom is -0.507 e. The fourth-order valence-electron chi connectivity index (χ4n) is 4.53. The summed E-state index contributed by atoms with van der Waals surface area (Å²) in [5.74, 6) is 0.559. The summed E-state index contributed by atoms with van der Waals surface area (Å²) >= 11 is 12.7. The van der Waals surface area contributed by atoms with Gasteiger partial charge in [0, 0.05) is 27.7 Å². The summed E-state index contributed by atoms with van der Waals surface area (Å²) in [6.45, 7) is 3.03. The molecule has 5 rings (SSSR count). The average Bonchev–Trinajstić information content (AvgIpc) is 3.41. The number of amides is 1. The molecule has 0 bridgehead atoms. The van der Waals surface area contributed by atoms with Gasteiger partial charge in [0.25, 0.3) is 5.91 Å². The maximum atomic E-state index is 13.7. The van der Waals surface area contributed by atoms with Gasteiger partial charge in [0.05, 0.1) is 12.6 Å². The van der Waals surface area contributed by atoms with Crippen LogP contribution >= 0.6 is 23.2 Å². The highest BCUT2D eigenvalue weighted by molar-refractivity contribution is 6.31. The van der Waals surface area contributed by atoms with Gasteiger partial charge in [0.1, 0.15) is 22.9 Å². The van der Waals surface area contributed by atoms with Crippen molar-refractivity contribution < 1.29 is 14.6 Å². The van der Waals surface area contributed by atoms with Crippen molar-refractivity contribution in [3.05, 3.63) is 99.2 Å². The highest BCUT2D eigenvalue weighted by Crippen LogP contribution is 2.46. The molecular weight excluding hydrogens is 497 g/mol. The van der Waals surface area contributed by atoms with Crippen LogP contribution in [-0.2, 0) is 6.54 Å². The molecule has 184 valence electrons. The predicted octanol–water partition coefficient (Wildman–Crippen LogP) is 7.01. The number of hydrogen-bond acceptors (Lipinski definition) is 4. The summed E-state index contributed by atoms with van der Waals surface area (Å²) in [6, 6.07) is 19.5.